The highest BCUT2D eigenvalue weighted by Crippen LogP contribution is 2.29. The minimum atomic E-state index is -1.03. The van der Waals surface area contributed by atoms with Crippen LogP contribution in [-0.4, -0.2) is 29.3 Å². The highest BCUT2D eigenvalue weighted by molar-refractivity contribution is 7.99. The van der Waals surface area contributed by atoms with E-state index in [1.54, 1.807) is 11.8 Å². The smallest absolute Gasteiger partial charge is 0.322 e. The van der Waals surface area contributed by atoms with Crippen molar-refractivity contribution in [1.82, 2.24) is 5.32 Å². The van der Waals surface area contributed by atoms with Crippen molar-refractivity contribution in [3.63, 3.8) is 0 Å². The second-order valence-corrected chi connectivity index (χ2v) is 6.03. The van der Waals surface area contributed by atoms with E-state index in [4.69, 9.17) is 5.11 Å². The highest BCUT2D eigenvalue weighted by atomic mass is 32.2. The van der Waals surface area contributed by atoms with Crippen LogP contribution in [0.5, 0.6) is 0 Å². The largest absolute Gasteiger partial charge is 0.480 e. The van der Waals surface area contributed by atoms with Gasteiger partial charge in [-0.25, -0.2) is 0 Å². The number of amides is 1. The van der Waals surface area contributed by atoms with Crippen molar-refractivity contribution in [3.05, 3.63) is 29.8 Å². The van der Waals surface area contributed by atoms with Crippen molar-refractivity contribution in [3.8, 4) is 0 Å². The predicted molar refractivity (Wildman–Crippen MR) is 76.3 cm³/mol. The zero-order valence-electron chi connectivity index (χ0n) is 11.4. The molecule has 0 bridgehead atoms. The van der Waals surface area contributed by atoms with Crippen LogP contribution in [0.3, 0.4) is 0 Å². The number of aliphatic carboxylic acids is 1. The van der Waals surface area contributed by atoms with Gasteiger partial charge in [0, 0.05) is 10.6 Å². The first-order chi connectivity index (χ1) is 8.83. The van der Waals surface area contributed by atoms with Gasteiger partial charge in [-0.1, -0.05) is 32.0 Å². The number of benzene rings is 1. The summed E-state index contributed by atoms with van der Waals surface area (Å²) in [5, 5.41) is 11.0. The van der Waals surface area contributed by atoms with Crippen molar-refractivity contribution in [2.45, 2.75) is 25.7 Å². The molecule has 0 saturated carbocycles. The Balaban J connectivity index is 2.57. The summed E-state index contributed by atoms with van der Waals surface area (Å²) < 4.78 is 0. The maximum absolute atomic E-state index is 11.9. The third kappa shape index (κ3) is 4.95. The third-order valence-corrected chi connectivity index (χ3v) is 4.33. The van der Waals surface area contributed by atoms with Crippen LogP contribution in [0.15, 0.2) is 29.2 Å². The molecule has 0 aliphatic heterocycles. The van der Waals surface area contributed by atoms with Gasteiger partial charge in [0.1, 0.15) is 6.54 Å². The van der Waals surface area contributed by atoms with E-state index in [0.29, 0.717) is 5.75 Å². The van der Waals surface area contributed by atoms with Crippen LogP contribution in [0.2, 0.25) is 0 Å². The average Bonchev–Trinajstić information content (AvgIpc) is 2.34. The first-order valence-electron chi connectivity index (χ1n) is 6.01. The Kier molecular flexibility index (Phi) is 5.42. The van der Waals surface area contributed by atoms with Gasteiger partial charge in [-0.3, -0.25) is 9.59 Å². The SMILES string of the molecule is Cc1ccccc1SCC(C)(C)C(=O)NCC(=O)O. The van der Waals surface area contributed by atoms with Gasteiger partial charge < -0.3 is 10.4 Å². The molecule has 0 fully saturated rings. The summed E-state index contributed by atoms with van der Waals surface area (Å²) in [5.74, 6) is -0.671. The van der Waals surface area contributed by atoms with Gasteiger partial charge in [-0.05, 0) is 18.6 Å². The third-order valence-electron chi connectivity index (χ3n) is 2.70. The molecule has 5 heteroatoms. The van der Waals surface area contributed by atoms with E-state index in [1.807, 2.05) is 45.0 Å². The van der Waals surface area contributed by atoms with Crippen molar-refractivity contribution < 1.29 is 14.7 Å². The number of carboxylic acids is 1. The lowest BCUT2D eigenvalue weighted by molar-refractivity contribution is -0.139. The summed E-state index contributed by atoms with van der Waals surface area (Å²) in [6.45, 7) is 5.32. The molecule has 0 atom stereocenters. The maximum atomic E-state index is 11.9. The average molecular weight is 281 g/mol. The van der Waals surface area contributed by atoms with E-state index >= 15 is 0 Å². The van der Waals surface area contributed by atoms with Gasteiger partial charge in [-0.2, -0.15) is 0 Å². The molecule has 0 aliphatic carbocycles. The molecule has 1 aromatic carbocycles. The fraction of sp³-hybridized carbons (Fsp3) is 0.429. The summed E-state index contributed by atoms with van der Waals surface area (Å²) in [5.41, 5.74) is 0.566. The Morgan fingerprint density at radius 1 is 1.32 bits per heavy atom. The van der Waals surface area contributed by atoms with Crippen LogP contribution < -0.4 is 5.32 Å². The van der Waals surface area contributed by atoms with Crippen LogP contribution in [0.4, 0.5) is 0 Å². The zero-order chi connectivity index (χ0) is 14.5. The first kappa shape index (κ1) is 15.6. The number of aryl methyl sites for hydroxylation is 1. The number of thioether (sulfide) groups is 1. The molecule has 0 radical (unpaired) electrons. The number of nitrogens with one attached hydrogen (secondary N) is 1. The number of carboxylic acid groups (broad SMARTS) is 1. The fourth-order valence-corrected chi connectivity index (χ4v) is 2.56. The molecule has 0 aliphatic rings. The molecule has 0 unspecified atom stereocenters. The van der Waals surface area contributed by atoms with E-state index in [0.717, 1.165) is 4.90 Å². The van der Waals surface area contributed by atoms with Crippen LogP contribution in [0.25, 0.3) is 0 Å². The summed E-state index contributed by atoms with van der Waals surface area (Å²) in [6.07, 6.45) is 0. The molecule has 0 heterocycles. The van der Waals surface area contributed by atoms with Gasteiger partial charge in [0.05, 0.1) is 5.41 Å². The van der Waals surface area contributed by atoms with Crippen LogP contribution in [-0.2, 0) is 9.59 Å². The Bertz CT molecular complexity index is 472. The van der Waals surface area contributed by atoms with Crippen LogP contribution >= 0.6 is 11.8 Å². The van der Waals surface area contributed by atoms with E-state index in [9.17, 15) is 9.59 Å². The number of rotatable bonds is 6. The van der Waals surface area contributed by atoms with Crippen molar-refractivity contribution in [1.29, 1.82) is 0 Å². The molecule has 2 N–H and O–H groups in total. The second-order valence-electron chi connectivity index (χ2n) is 5.01. The molecule has 1 rings (SSSR count). The fourth-order valence-electron chi connectivity index (χ4n) is 1.44. The normalized spacial score (nSPS) is 11.1. The number of carbonyl (C=O) groups is 2. The molecule has 104 valence electrons. The summed E-state index contributed by atoms with van der Waals surface area (Å²) in [7, 11) is 0. The Labute approximate surface area is 117 Å². The molecule has 1 amide bonds. The summed E-state index contributed by atoms with van der Waals surface area (Å²) >= 11 is 1.61. The maximum Gasteiger partial charge on any atom is 0.322 e. The minimum Gasteiger partial charge on any atom is -0.480 e. The molecule has 19 heavy (non-hydrogen) atoms. The Morgan fingerprint density at radius 3 is 2.53 bits per heavy atom. The monoisotopic (exact) mass is 281 g/mol. The lowest BCUT2D eigenvalue weighted by Gasteiger charge is -2.23. The van der Waals surface area contributed by atoms with E-state index in [1.165, 1.54) is 5.56 Å². The minimum absolute atomic E-state index is 0.240. The highest BCUT2D eigenvalue weighted by Gasteiger charge is 2.28. The van der Waals surface area contributed by atoms with Crippen LogP contribution in [0.1, 0.15) is 19.4 Å². The lowest BCUT2D eigenvalue weighted by Crippen LogP contribution is -2.40. The summed E-state index contributed by atoms with van der Waals surface area (Å²) in [6, 6.07) is 7.99. The van der Waals surface area contributed by atoms with Crippen LogP contribution in [0, 0.1) is 12.3 Å². The number of hydrogen-bond donors (Lipinski definition) is 2. The zero-order valence-corrected chi connectivity index (χ0v) is 12.2. The van der Waals surface area contributed by atoms with Gasteiger partial charge in [-0.15, -0.1) is 11.8 Å². The standard InChI is InChI=1S/C14H19NO3S/c1-10-6-4-5-7-11(10)19-9-14(2,3)13(18)15-8-12(16)17/h4-7H,8-9H2,1-3H3,(H,15,18)(H,16,17). The Morgan fingerprint density at radius 2 is 1.95 bits per heavy atom. The molecular formula is C14H19NO3S. The summed E-state index contributed by atoms with van der Waals surface area (Å²) in [4.78, 5) is 23.5. The van der Waals surface area contributed by atoms with E-state index < -0.39 is 11.4 Å². The molecular weight excluding hydrogens is 262 g/mol. The molecule has 1 aromatic rings. The Hall–Kier alpha value is -1.49. The van der Waals surface area contributed by atoms with Crippen molar-refractivity contribution >= 4 is 23.6 Å². The topological polar surface area (TPSA) is 66.4 Å². The number of hydrogen-bond acceptors (Lipinski definition) is 3. The van der Waals surface area contributed by atoms with Crippen molar-refractivity contribution in [2.24, 2.45) is 5.41 Å². The van der Waals surface area contributed by atoms with Gasteiger partial charge in [0.15, 0.2) is 0 Å². The second kappa shape index (κ2) is 6.61. The molecule has 0 spiro atoms. The van der Waals surface area contributed by atoms with Gasteiger partial charge in [0.2, 0.25) is 5.91 Å². The molecule has 4 nitrogen and oxygen atoms in total. The predicted octanol–water partition coefficient (Wildman–Crippen LogP) is 2.31. The van der Waals surface area contributed by atoms with Gasteiger partial charge in [0.25, 0.3) is 0 Å². The van der Waals surface area contributed by atoms with Gasteiger partial charge >= 0.3 is 5.97 Å². The van der Waals surface area contributed by atoms with E-state index in [2.05, 4.69) is 5.32 Å². The van der Waals surface area contributed by atoms with E-state index in [-0.39, 0.29) is 12.5 Å². The molecule has 0 saturated heterocycles. The first-order valence-corrected chi connectivity index (χ1v) is 7.00. The number of carbonyl (C=O) groups excluding carboxylic acids is 1. The lowest BCUT2D eigenvalue weighted by atomic mass is 9.95. The van der Waals surface area contributed by atoms with Crippen molar-refractivity contribution in [2.75, 3.05) is 12.3 Å². The molecule has 0 aromatic heterocycles. The quantitative estimate of drug-likeness (QED) is 0.785.